The first-order chi connectivity index (χ1) is 9.97. The quantitative estimate of drug-likeness (QED) is 0.588. The average Bonchev–Trinajstić information content (AvgIpc) is 2.43. The van der Waals surface area contributed by atoms with Gasteiger partial charge in [0.15, 0.2) is 0 Å². The van der Waals surface area contributed by atoms with Crippen LogP contribution in [-0.4, -0.2) is 58.7 Å². The van der Waals surface area contributed by atoms with Crippen LogP contribution in [0.15, 0.2) is 0 Å². The maximum absolute atomic E-state index is 12.4. The number of likely N-dealkylation sites (N-methyl/N-ethyl adjacent to an activating group) is 1. The van der Waals surface area contributed by atoms with Crippen molar-refractivity contribution >= 4 is 10.2 Å². The Kier molecular flexibility index (Phi) is 8.73. The van der Waals surface area contributed by atoms with Crippen LogP contribution in [0.2, 0.25) is 0 Å². The van der Waals surface area contributed by atoms with Crippen molar-refractivity contribution in [2.24, 2.45) is 5.92 Å². The zero-order valence-electron chi connectivity index (χ0n) is 13.6. The first kappa shape index (κ1) is 18.8. The third kappa shape index (κ3) is 7.06. The normalized spacial score (nSPS) is 21.0. The molecule has 1 saturated heterocycles. The van der Waals surface area contributed by atoms with E-state index in [0.717, 1.165) is 25.9 Å². The Balaban J connectivity index is 2.34. The largest absolute Gasteiger partial charge is 0.381 e. The summed E-state index contributed by atoms with van der Waals surface area (Å²) in [5, 5.41) is 3.08. The van der Waals surface area contributed by atoms with Crippen LogP contribution in [0.3, 0.4) is 0 Å². The van der Waals surface area contributed by atoms with Crippen molar-refractivity contribution in [2.45, 2.75) is 45.6 Å². The van der Waals surface area contributed by atoms with Gasteiger partial charge in [0.2, 0.25) is 0 Å². The van der Waals surface area contributed by atoms with Gasteiger partial charge in [-0.15, -0.1) is 0 Å². The number of hydrogen-bond donors (Lipinski definition) is 2. The summed E-state index contributed by atoms with van der Waals surface area (Å²) in [6, 6.07) is 0.0680. The van der Waals surface area contributed by atoms with Crippen LogP contribution in [0.4, 0.5) is 0 Å². The van der Waals surface area contributed by atoms with Gasteiger partial charge >= 0.3 is 0 Å². The molecule has 1 rings (SSSR count). The molecule has 2 N–H and O–H groups in total. The van der Waals surface area contributed by atoms with E-state index in [1.165, 1.54) is 0 Å². The van der Waals surface area contributed by atoms with Crippen molar-refractivity contribution < 1.29 is 13.2 Å². The molecule has 0 saturated carbocycles. The molecule has 0 radical (unpaired) electrons. The molecular formula is C14H31N3O3S. The van der Waals surface area contributed by atoms with E-state index in [-0.39, 0.29) is 6.04 Å². The minimum atomic E-state index is -3.37. The lowest BCUT2D eigenvalue weighted by Gasteiger charge is -2.34. The summed E-state index contributed by atoms with van der Waals surface area (Å²) in [6.07, 6.45) is 3.68. The molecule has 0 aromatic carbocycles. The topological polar surface area (TPSA) is 70.7 Å². The molecule has 0 amide bonds. The van der Waals surface area contributed by atoms with Crippen molar-refractivity contribution in [1.29, 1.82) is 0 Å². The Morgan fingerprint density at radius 3 is 2.76 bits per heavy atom. The molecule has 1 heterocycles. The molecule has 0 aromatic rings. The maximum atomic E-state index is 12.4. The standard InChI is InChI=1S/C14H31N3O3S/c1-13(2)12-20-10-6-8-16-21(18,19)17-9-5-4-7-14(17)11-15-3/h13-16H,4-12H2,1-3H3. The summed E-state index contributed by atoms with van der Waals surface area (Å²) in [6.45, 7) is 7.28. The predicted molar refractivity (Wildman–Crippen MR) is 85.5 cm³/mol. The molecule has 0 aliphatic carbocycles. The van der Waals surface area contributed by atoms with Gasteiger partial charge in [0.05, 0.1) is 0 Å². The first-order valence-electron chi connectivity index (χ1n) is 7.96. The highest BCUT2D eigenvalue weighted by atomic mass is 32.2. The van der Waals surface area contributed by atoms with Gasteiger partial charge in [-0.25, -0.2) is 4.72 Å². The van der Waals surface area contributed by atoms with E-state index in [2.05, 4.69) is 23.9 Å². The van der Waals surface area contributed by atoms with Crippen molar-refractivity contribution in [3.05, 3.63) is 0 Å². The zero-order valence-corrected chi connectivity index (χ0v) is 14.4. The van der Waals surface area contributed by atoms with Gasteiger partial charge in [0.1, 0.15) is 0 Å². The monoisotopic (exact) mass is 321 g/mol. The molecule has 7 heteroatoms. The van der Waals surface area contributed by atoms with Gasteiger partial charge in [-0.1, -0.05) is 20.3 Å². The number of piperidine rings is 1. The SMILES string of the molecule is CNCC1CCCCN1S(=O)(=O)NCCCOCC(C)C. The zero-order chi connectivity index (χ0) is 15.7. The molecule has 0 bridgehead atoms. The second-order valence-electron chi connectivity index (χ2n) is 6.04. The van der Waals surface area contributed by atoms with Gasteiger partial charge in [-0.2, -0.15) is 12.7 Å². The first-order valence-corrected chi connectivity index (χ1v) is 9.40. The Morgan fingerprint density at radius 2 is 2.10 bits per heavy atom. The number of nitrogens with one attached hydrogen (secondary N) is 2. The smallest absolute Gasteiger partial charge is 0.279 e. The minimum absolute atomic E-state index is 0.0680. The van der Waals surface area contributed by atoms with Crippen molar-refractivity contribution in [3.63, 3.8) is 0 Å². The second kappa shape index (κ2) is 9.74. The summed E-state index contributed by atoms with van der Waals surface area (Å²) >= 11 is 0. The van der Waals surface area contributed by atoms with E-state index in [9.17, 15) is 8.42 Å². The van der Waals surface area contributed by atoms with Crippen LogP contribution in [-0.2, 0) is 14.9 Å². The minimum Gasteiger partial charge on any atom is -0.381 e. The summed E-state index contributed by atoms with van der Waals surface area (Å²) < 4.78 is 34.5. The van der Waals surface area contributed by atoms with E-state index in [1.807, 2.05) is 7.05 Å². The van der Waals surface area contributed by atoms with E-state index in [4.69, 9.17) is 4.74 Å². The highest BCUT2D eigenvalue weighted by Crippen LogP contribution is 2.19. The second-order valence-corrected chi connectivity index (χ2v) is 7.75. The van der Waals surface area contributed by atoms with Crippen molar-refractivity contribution in [1.82, 2.24) is 14.3 Å². The van der Waals surface area contributed by atoms with Crippen LogP contribution in [0.5, 0.6) is 0 Å². The molecule has 1 unspecified atom stereocenters. The fourth-order valence-electron chi connectivity index (χ4n) is 2.51. The summed E-state index contributed by atoms with van der Waals surface area (Å²) in [7, 11) is -1.51. The fourth-order valence-corrected chi connectivity index (χ4v) is 4.02. The summed E-state index contributed by atoms with van der Waals surface area (Å²) in [4.78, 5) is 0. The highest BCUT2D eigenvalue weighted by Gasteiger charge is 2.31. The van der Waals surface area contributed by atoms with Crippen LogP contribution in [0.1, 0.15) is 39.5 Å². The molecule has 1 aliphatic heterocycles. The Hall–Kier alpha value is -0.210. The predicted octanol–water partition coefficient (Wildman–Crippen LogP) is 0.957. The van der Waals surface area contributed by atoms with Crippen molar-refractivity contribution in [2.75, 3.05) is 39.9 Å². The van der Waals surface area contributed by atoms with Crippen molar-refractivity contribution in [3.8, 4) is 0 Å². The third-order valence-electron chi connectivity index (χ3n) is 3.52. The van der Waals surface area contributed by atoms with Crippen LogP contribution in [0, 0.1) is 5.92 Å². The van der Waals surface area contributed by atoms with Gasteiger partial charge in [0.25, 0.3) is 10.2 Å². The molecule has 1 fully saturated rings. The molecule has 0 aromatic heterocycles. The number of nitrogens with zero attached hydrogens (tertiary/aromatic N) is 1. The summed E-state index contributed by atoms with van der Waals surface area (Å²) in [5.74, 6) is 0.511. The molecule has 0 spiro atoms. The van der Waals surface area contributed by atoms with Gasteiger partial charge in [-0.05, 0) is 32.2 Å². The molecular weight excluding hydrogens is 290 g/mol. The maximum Gasteiger partial charge on any atom is 0.279 e. The van der Waals surface area contributed by atoms with E-state index < -0.39 is 10.2 Å². The lowest BCUT2D eigenvalue weighted by Crippen LogP contribution is -2.52. The van der Waals surface area contributed by atoms with Gasteiger partial charge in [-0.3, -0.25) is 0 Å². The van der Waals surface area contributed by atoms with Crippen LogP contribution < -0.4 is 10.0 Å². The Bertz CT molecular complexity index is 372. The average molecular weight is 321 g/mol. The molecule has 1 atom stereocenters. The number of ether oxygens (including phenoxy) is 1. The summed E-state index contributed by atoms with van der Waals surface area (Å²) in [5.41, 5.74) is 0. The number of hydrogen-bond acceptors (Lipinski definition) is 4. The van der Waals surface area contributed by atoms with E-state index in [1.54, 1.807) is 4.31 Å². The fraction of sp³-hybridized carbons (Fsp3) is 1.00. The van der Waals surface area contributed by atoms with Crippen LogP contribution >= 0.6 is 0 Å². The van der Waals surface area contributed by atoms with E-state index in [0.29, 0.717) is 38.6 Å². The molecule has 6 nitrogen and oxygen atoms in total. The number of rotatable bonds is 10. The molecule has 1 aliphatic rings. The Morgan fingerprint density at radius 1 is 1.33 bits per heavy atom. The van der Waals surface area contributed by atoms with Gasteiger partial charge < -0.3 is 10.1 Å². The van der Waals surface area contributed by atoms with Crippen LogP contribution in [0.25, 0.3) is 0 Å². The van der Waals surface area contributed by atoms with Gasteiger partial charge in [0, 0.05) is 38.9 Å². The molecule has 126 valence electrons. The Labute approximate surface area is 129 Å². The molecule has 21 heavy (non-hydrogen) atoms. The lowest BCUT2D eigenvalue weighted by atomic mass is 10.1. The lowest BCUT2D eigenvalue weighted by molar-refractivity contribution is 0.108. The van der Waals surface area contributed by atoms with E-state index >= 15 is 0 Å². The third-order valence-corrected chi connectivity index (χ3v) is 5.19. The highest BCUT2D eigenvalue weighted by molar-refractivity contribution is 7.87.